The van der Waals surface area contributed by atoms with Crippen molar-refractivity contribution in [3.63, 3.8) is 0 Å². The average Bonchev–Trinajstić information content (AvgIpc) is 3.10. The van der Waals surface area contributed by atoms with Crippen LogP contribution in [0, 0.1) is 0 Å². The second-order valence-corrected chi connectivity index (χ2v) is 16.5. The van der Waals surface area contributed by atoms with Crippen molar-refractivity contribution in [2.45, 2.75) is 168 Å². The number of hydrogen-bond acceptors (Lipinski definition) is 7. The number of phosphoric acid groups is 1. The second-order valence-electron chi connectivity index (χ2n) is 15.0. The summed E-state index contributed by atoms with van der Waals surface area (Å²) >= 11 is 0. The van der Waals surface area contributed by atoms with Crippen LogP contribution in [0.2, 0.25) is 0 Å². The van der Waals surface area contributed by atoms with Gasteiger partial charge in [-0.2, -0.15) is 0 Å². The van der Waals surface area contributed by atoms with Crippen LogP contribution in [0.25, 0.3) is 0 Å². The quantitative estimate of drug-likeness (QED) is 0.0219. The summed E-state index contributed by atoms with van der Waals surface area (Å²) in [6, 6.07) is 0. The first-order chi connectivity index (χ1) is 25.5. The van der Waals surface area contributed by atoms with E-state index in [4.69, 9.17) is 18.5 Å². The van der Waals surface area contributed by atoms with Crippen molar-refractivity contribution in [1.29, 1.82) is 0 Å². The van der Waals surface area contributed by atoms with E-state index >= 15 is 0 Å². The number of rotatable bonds is 37. The van der Waals surface area contributed by atoms with E-state index in [0.29, 0.717) is 23.9 Å². The van der Waals surface area contributed by atoms with Gasteiger partial charge in [0.05, 0.1) is 27.7 Å². The molecule has 0 radical (unpaired) electrons. The maximum absolute atomic E-state index is 12.6. The van der Waals surface area contributed by atoms with E-state index in [-0.39, 0.29) is 26.1 Å². The van der Waals surface area contributed by atoms with Gasteiger partial charge in [-0.05, 0) is 57.8 Å². The van der Waals surface area contributed by atoms with E-state index < -0.39 is 32.5 Å². The molecule has 0 aliphatic carbocycles. The SMILES string of the molecule is CCCCC/C=C/C/C=C/C/C=C/C/C=C/CCCCCC(=O)OC[C@@H](COP(=O)(O)OCC[N+](C)(C)C)OC(=O)CCCCCCCCCCCC. The van der Waals surface area contributed by atoms with Gasteiger partial charge in [0.25, 0.3) is 0 Å². The van der Waals surface area contributed by atoms with Gasteiger partial charge in [-0.15, -0.1) is 0 Å². The Morgan fingerprint density at radius 2 is 1.02 bits per heavy atom. The number of unbranched alkanes of at least 4 members (excludes halogenated alkanes) is 15. The van der Waals surface area contributed by atoms with Gasteiger partial charge in [0.2, 0.25) is 0 Å². The fourth-order valence-electron chi connectivity index (χ4n) is 5.29. The molecule has 0 spiro atoms. The first kappa shape index (κ1) is 51.0. The van der Waals surface area contributed by atoms with E-state index in [2.05, 4.69) is 62.5 Å². The number of allylic oxidation sites excluding steroid dienone is 8. The fraction of sp³-hybridized carbons (Fsp3) is 0.767. The Balaban J connectivity index is 4.41. The van der Waals surface area contributed by atoms with Crippen molar-refractivity contribution in [1.82, 2.24) is 0 Å². The molecule has 2 atom stereocenters. The zero-order chi connectivity index (χ0) is 39.3. The summed E-state index contributed by atoms with van der Waals surface area (Å²) < 4.78 is 34.2. The number of carbonyl (C=O) groups excluding carboxylic acids is 2. The van der Waals surface area contributed by atoms with Crippen LogP contribution in [0.4, 0.5) is 0 Å². The molecule has 0 aromatic heterocycles. The van der Waals surface area contributed by atoms with Gasteiger partial charge >= 0.3 is 19.8 Å². The van der Waals surface area contributed by atoms with Crippen molar-refractivity contribution < 1.29 is 42.1 Å². The van der Waals surface area contributed by atoms with Crippen molar-refractivity contribution in [2.75, 3.05) is 47.5 Å². The minimum Gasteiger partial charge on any atom is -0.462 e. The molecule has 0 aromatic rings. The largest absolute Gasteiger partial charge is 0.472 e. The predicted octanol–water partition coefficient (Wildman–Crippen LogP) is 11.5. The summed E-state index contributed by atoms with van der Waals surface area (Å²) in [5, 5.41) is 0. The van der Waals surface area contributed by atoms with Crippen LogP contribution in [0.1, 0.15) is 162 Å². The minimum atomic E-state index is -4.38. The van der Waals surface area contributed by atoms with Crippen molar-refractivity contribution in [2.24, 2.45) is 0 Å². The van der Waals surface area contributed by atoms with E-state index in [1.54, 1.807) is 0 Å². The van der Waals surface area contributed by atoms with Crippen LogP contribution < -0.4 is 0 Å². The molecule has 0 saturated heterocycles. The standard InChI is InChI=1S/C43H78NO8P/c1-6-8-10-12-14-16-18-19-20-21-22-23-24-25-26-28-29-31-33-35-42(45)49-39-41(40-51-53(47,48)50-38-37-44(3,4)5)52-43(46)36-34-32-30-27-17-15-13-11-9-7-2/h14,16,19-20,22-23,25-26,41H,6-13,15,17-18,21,24,27-40H2,1-5H3/p+1/b16-14+,20-19+,23-22+,26-25+/t41-/m0/s1. The van der Waals surface area contributed by atoms with Crippen molar-refractivity contribution >= 4 is 19.8 Å². The highest BCUT2D eigenvalue weighted by Crippen LogP contribution is 2.43. The molecular formula is C43H79NO8P+. The molecule has 1 unspecified atom stereocenters. The van der Waals surface area contributed by atoms with Crippen LogP contribution in [-0.4, -0.2) is 74.9 Å². The number of quaternary nitrogens is 1. The highest BCUT2D eigenvalue weighted by atomic mass is 31.2. The third-order valence-electron chi connectivity index (χ3n) is 8.61. The van der Waals surface area contributed by atoms with Gasteiger partial charge in [0.1, 0.15) is 19.8 Å². The average molecular weight is 769 g/mol. The number of carbonyl (C=O) groups is 2. The third kappa shape index (κ3) is 39.5. The molecule has 0 heterocycles. The smallest absolute Gasteiger partial charge is 0.462 e. The zero-order valence-electron chi connectivity index (χ0n) is 34.5. The van der Waals surface area contributed by atoms with Gasteiger partial charge in [-0.25, -0.2) is 4.57 Å². The summed E-state index contributed by atoms with van der Waals surface area (Å²) in [5.41, 5.74) is 0. The summed E-state index contributed by atoms with van der Waals surface area (Å²) in [6.07, 6.45) is 40.2. The molecule has 0 fully saturated rings. The molecule has 0 aliphatic rings. The second kappa shape index (κ2) is 35.7. The van der Waals surface area contributed by atoms with Crippen LogP contribution in [0.5, 0.6) is 0 Å². The molecule has 0 rings (SSSR count). The molecule has 1 N–H and O–H groups in total. The highest BCUT2D eigenvalue weighted by molar-refractivity contribution is 7.47. The predicted molar refractivity (Wildman–Crippen MR) is 220 cm³/mol. The van der Waals surface area contributed by atoms with E-state index in [1.165, 1.54) is 64.2 Å². The van der Waals surface area contributed by atoms with Gasteiger partial charge < -0.3 is 18.9 Å². The lowest BCUT2D eigenvalue weighted by Crippen LogP contribution is -2.37. The van der Waals surface area contributed by atoms with Gasteiger partial charge in [-0.3, -0.25) is 18.6 Å². The van der Waals surface area contributed by atoms with E-state index in [9.17, 15) is 19.0 Å². The summed E-state index contributed by atoms with van der Waals surface area (Å²) in [7, 11) is 1.45. The maximum Gasteiger partial charge on any atom is 0.472 e. The summed E-state index contributed by atoms with van der Waals surface area (Å²) in [5.74, 6) is -0.838. The number of phosphoric ester groups is 1. The molecule has 0 aromatic carbocycles. The molecule has 0 bridgehead atoms. The van der Waals surface area contributed by atoms with Gasteiger partial charge in [0, 0.05) is 12.8 Å². The lowest BCUT2D eigenvalue weighted by Gasteiger charge is -2.24. The molecule has 0 saturated carbocycles. The Hall–Kier alpha value is -2.03. The monoisotopic (exact) mass is 769 g/mol. The topological polar surface area (TPSA) is 108 Å². The van der Waals surface area contributed by atoms with Crippen LogP contribution in [0.3, 0.4) is 0 Å². The molecule has 0 aliphatic heterocycles. The number of hydrogen-bond donors (Lipinski definition) is 1. The third-order valence-corrected chi connectivity index (χ3v) is 9.60. The van der Waals surface area contributed by atoms with Crippen molar-refractivity contribution in [3.05, 3.63) is 48.6 Å². The number of nitrogens with zero attached hydrogens (tertiary/aromatic N) is 1. The Bertz CT molecular complexity index is 1050. The zero-order valence-corrected chi connectivity index (χ0v) is 35.4. The normalized spacial score (nSPS) is 14.2. The van der Waals surface area contributed by atoms with Gasteiger partial charge in [0.15, 0.2) is 6.10 Å². The summed E-state index contributed by atoms with van der Waals surface area (Å²) in [6.45, 7) is 4.33. The molecule has 10 heteroatoms. The Morgan fingerprint density at radius 3 is 1.55 bits per heavy atom. The number of esters is 2. The molecule has 0 amide bonds. The summed E-state index contributed by atoms with van der Waals surface area (Å²) in [4.78, 5) is 35.2. The Labute approximate surface area is 324 Å². The van der Waals surface area contributed by atoms with Crippen LogP contribution >= 0.6 is 7.82 Å². The van der Waals surface area contributed by atoms with E-state index in [1.807, 2.05) is 21.1 Å². The molecule has 9 nitrogen and oxygen atoms in total. The lowest BCUT2D eigenvalue weighted by atomic mass is 10.1. The number of ether oxygens (including phenoxy) is 2. The van der Waals surface area contributed by atoms with Crippen molar-refractivity contribution in [3.8, 4) is 0 Å². The van der Waals surface area contributed by atoms with E-state index in [0.717, 1.165) is 57.8 Å². The first-order valence-electron chi connectivity index (χ1n) is 20.9. The minimum absolute atomic E-state index is 0.0257. The molecule has 53 heavy (non-hydrogen) atoms. The molecular weight excluding hydrogens is 689 g/mol. The van der Waals surface area contributed by atoms with Gasteiger partial charge in [-0.1, -0.05) is 140 Å². The van der Waals surface area contributed by atoms with Crippen LogP contribution in [-0.2, 0) is 32.7 Å². The molecule has 308 valence electrons. The maximum atomic E-state index is 12.6. The number of likely N-dealkylation sites (N-methyl/N-ethyl adjacent to an activating group) is 1. The highest BCUT2D eigenvalue weighted by Gasteiger charge is 2.27. The Kier molecular flexibility index (Phi) is 34.3. The first-order valence-corrected chi connectivity index (χ1v) is 22.4. The Morgan fingerprint density at radius 1 is 0.585 bits per heavy atom. The van der Waals surface area contributed by atoms with Crippen LogP contribution in [0.15, 0.2) is 48.6 Å². The fourth-order valence-corrected chi connectivity index (χ4v) is 6.03. The lowest BCUT2D eigenvalue weighted by molar-refractivity contribution is -0.870.